The Morgan fingerprint density at radius 3 is 2.84 bits per heavy atom. The Bertz CT molecular complexity index is 408. The quantitative estimate of drug-likeness (QED) is 0.774. The standard InChI is InChI=1S/C16H24ClNO/c1-3-12-5-4-6-14(9-7-12)18-15-11-13(17)8-10-16(15)19-2/h8,10-12,14,18H,3-7,9H2,1-2H3. The Balaban J connectivity index is 2.02. The zero-order valence-electron chi connectivity index (χ0n) is 11.9. The molecule has 1 aromatic carbocycles. The smallest absolute Gasteiger partial charge is 0.142 e. The second-order valence-corrected chi connectivity index (χ2v) is 5.90. The molecule has 2 atom stereocenters. The minimum atomic E-state index is 0.545. The molecule has 0 aromatic heterocycles. The normalized spacial score (nSPS) is 23.7. The summed E-state index contributed by atoms with van der Waals surface area (Å²) < 4.78 is 5.39. The molecule has 2 nitrogen and oxygen atoms in total. The van der Waals surface area contributed by atoms with Gasteiger partial charge in [0.25, 0.3) is 0 Å². The van der Waals surface area contributed by atoms with Crippen molar-refractivity contribution < 1.29 is 4.74 Å². The third kappa shape index (κ3) is 4.04. The second kappa shape index (κ2) is 7.04. The van der Waals surface area contributed by atoms with Gasteiger partial charge >= 0.3 is 0 Å². The van der Waals surface area contributed by atoms with Gasteiger partial charge in [0.2, 0.25) is 0 Å². The first-order valence-corrected chi connectivity index (χ1v) is 7.70. The zero-order valence-corrected chi connectivity index (χ0v) is 12.7. The topological polar surface area (TPSA) is 21.3 Å². The molecule has 0 bridgehead atoms. The molecular formula is C16H24ClNO. The summed E-state index contributed by atoms with van der Waals surface area (Å²) in [5.74, 6) is 1.79. The van der Waals surface area contributed by atoms with Crippen LogP contribution in [0.2, 0.25) is 5.02 Å². The molecule has 0 heterocycles. The second-order valence-electron chi connectivity index (χ2n) is 5.47. The average Bonchev–Trinajstić information content (AvgIpc) is 2.64. The average molecular weight is 282 g/mol. The minimum absolute atomic E-state index is 0.545. The number of hydrogen-bond acceptors (Lipinski definition) is 2. The van der Waals surface area contributed by atoms with Gasteiger partial charge in [-0.3, -0.25) is 0 Å². The van der Waals surface area contributed by atoms with Crippen molar-refractivity contribution in [3.05, 3.63) is 23.2 Å². The Morgan fingerprint density at radius 1 is 1.26 bits per heavy atom. The summed E-state index contributed by atoms with van der Waals surface area (Å²) in [5.41, 5.74) is 1.02. The Morgan fingerprint density at radius 2 is 2.11 bits per heavy atom. The first-order valence-electron chi connectivity index (χ1n) is 7.33. The fourth-order valence-electron chi connectivity index (χ4n) is 2.94. The molecule has 0 saturated heterocycles. The molecule has 2 rings (SSSR count). The van der Waals surface area contributed by atoms with Gasteiger partial charge in [0.05, 0.1) is 12.8 Å². The van der Waals surface area contributed by atoms with E-state index in [0.717, 1.165) is 22.4 Å². The van der Waals surface area contributed by atoms with E-state index in [2.05, 4.69) is 12.2 Å². The SMILES string of the molecule is CCC1CCCC(Nc2cc(Cl)ccc2OC)CC1. The lowest BCUT2D eigenvalue weighted by Gasteiger charge is -2.20. The molecule has 2 unspecified atom stereocenters. The van der Waals surface area contributed by atoms with Crippen molar-refractivity contribution in [2.45, 2.75) is 51.5 Å². The van der Waals surface area contributed by atoms with Crippen LogP contribution in [-0.4, -0.2) is 13.2 Å². The van der Waals surface area contributed by atoms with E-state index in [1.807, 2.05) is 18.2 Å². The van der Waals surface area contributed by atoms with Crippen molar-refractivity contribution in [1.82, 2.24) is 0 Å². The molecule has 1 aliphatic rings. The number of nitrogens with one attached hydrogen (secondary N) is 1. The number of anilines is 1. The van der Waals surface area contributed by atoms with Gasteiger partial charge < -0.3 is 10.1 Å². The van der Waals surface area contributed by atoms with Gasteiger partial charge in [-0.1, -0.05) is 37.8 Å². The lowest BCUT2D eigenvalue weighted by molar-refractivity contribution is 0.415. The number of ether oxygens (including phenoxy) is 1. The highest BCUT2D eigenvalue weighted by atomic mass is 35.5. The maximum atomic E-state index is 6.07. The first-order chi connectivity index (χ1) is 9.22. The summed E-state index contributed by atoms with van der Waals surface area (Å²) in [5, 5.41) is 4.37. The highest BCUT2D eigenvalue weighted by Gasteiger charge is 2.18. The van der Waals surface area contributed by atoms with E-state index >= 15 is 0 Å². The largest absolute Gasteiger partial charge is 0.495 e. The predicted molar refractivity (Wildman–Crippen MR) is 82.3 cm³/mol. The maximum Gasteiger partial charge on any atom is 0.142 e. The van der Waals surface area contributed by atoms with E-state index in [4.69, 9.17) is 16.3 Å². The summed E-state index contributed by atoms with van der Waals surface area (Å²) in [6.45, 7) is 2.30. The summed E-state index contributed by atoms with van der Waals surface area (Å²) >= 11 is 6.07. The molecule has 1 saturated carbocycles. The van der Waals surface area contributed by atoms with Crippen molar-refractivity contribution in [3.8, 4) is 5.75 Å². The van der Waals surface area contributed by atoms with Crippen LogP contribution in [0.4, 0.5) is 5.69 Å². The van der Waals surface area contributed by atoms with Crippen molar-refractivity contribution in [2.24, 2.45) is 5.92 Å². The molecule has 1 aromatic rings. The van der Waals surface area contributed by atoms with Crippen LogP contribution in [0, 0.1) is 5.92 Å². The van der Waals surface area contributed by atoms with Gasteiger partial charge in [-0.2, -0.15) is 0 Å². The van der Waals surface area contributed by atoms with Crippen LogP contribution < -0.4 is 10.1 Å². The molecular weight excluding hydrogens is 258 g/mol. The fraction of sp³-hybridized carbons (Fsp3) is 0.625. The Hall–Kier alpha value is -0.890. The van der Waals surface area contributed by atoms with Crippen LogP contribution in [0.15, 0.2) is 18.2 Å². The van der Waals surface area contributed by atoms with Gasteiger partial charge in [0.1, 0.15) is 5.75 Å². The van der Waals surface area contributed by atoms with Crippen molar-refractivity contribution in [3.63, 3.8) is 0 Å². The molecule has 106 valence electrons. The molecule has 0 spiro atoms. The van der Waals surface area contributed by atoms with Crippen LogP contribution in [0.1, 0.15) is 45.4 Å². The fourth-order valence-corrected chi connectivity index (χ4v) is 3.12. The highest BCUT2D eigenvalue weighted by Crippen LogP contribution is 2.32. The van der Waals surface area contributed by atoms with E-state index < -0.39 is 0 Å². The molecule has 1 N–H and O–H groups in total. The monoisotopic (exact) mass is 281 g/mol. The van der Waals surface area contributed by atoms with Crippen LogP contribution in [0.5, 0.6) is 5.75 Å². The molecule has 0 aliphatic heterocycles. The van der Waals surface area contributed by atoms with Crippen LogP contribution in [0.3, 0.4) is 0 Å². The van der Waals surface area contributed by atoms with Gasteiger partial charge in [-0.15, -0.1) is 0 Å². The zero-order chi connectivity index (χ0) is 13.7. The van der Waals surface area contributed by atoms with Crippen LogP contribution in [-0.2, 0) is 0 Å². The summed E-state index contributed by atoms with van der Waals surface area (Å²) in [6, 6.07) is 6.30. The van der Waals surface area contributed by atoms with Gasteiger partial charge in [-0.25, -0.2) is 0 Å². The van der Waals surface area contributed by atoms with Gasteiger partial charge in [0.15, 0.2) is 0 Å². The highest BCUT2D eigenvalue weighted by molar-refractivity contribution is 6.30. The summed E-state index contributed by atoms with van der Waals surface area (Å²) in [7, 11) is 1.70. The molecule has 0 radical (unpaired) electrons. The summed E-state index contributed by atoms with van der Waals surface area (Å²) in [6.07, 6.45) is 7.82. The molecule has 19 heavy (non-hydrogen) atoms. The van der Waals surface area contributed by atoms with Crippen LogP contribution in [0.25, 0.3) is 0 Å². The van der Waals surface area contributed by atoms with E-state index in [-0.39, 0.29) is 0 Å². The molecule has 0 amide bonds. The maximum absolute atomic E-state index is 6.07. The third-order valence-corrected chi connectivity index (χ3v) is 4.42. The predicted octanol–water partition coefficient (Wildman–Crippen LogP) is 5.12. The minimum Gasteiger partial charge on any atom is -0.495 e. The third-order valence-electron chi connectivity index (χ3n) is 4.19. The van der Waals surface area contributed by atoms with E-state index in [1.54, 1.807) is 7.11 Å². The number of halogens is 1. The number of benzene rings is 1. The molecule has 1 fully saturated rings. The number of methoxy groups -OCH3 is 1. The van der Waals surface area contributed by atoms with E-state index in [9.17, 15) is 0 Å². The van der Waals surface area contributed by atoms with E-state index in [1.165, 1.54) is 38.5 Å². The lowest BCUT2D eigenvalue weighted by Crippen LogP contribution is -2.18. The van der Waals surface area contributed by atoms with Gasteiger partial charge in [-0.05, 0) is 43.4 Å². The lowest BCUT2D eigenvalue weighted by atomic mass is 9.98. The summed E-state index contributed by atoms with van der Waals surface area (Å²) in [4.78, 5) is 0. The Labute approximate surface area is 121 Å². The van der Waals surface area contributed by atoms with E-state index in [0.29, 0.717) is 6.04 Å². The van der Waals surface area contributed by atoms with Crippen molar-refractivity contribution in [1.29, 1.82) is 0 Å². The van der Waals surface area contributed by atoms with Crippen molar-refractivity contribution >= 4 is 17.3 Å². The molecule has 1 aliphatic carbocycles. The molecule has 3 heteroatoms. The number of rotatable bonds is 4. The van der Waals surface area contributed by atoms with Crippen LogP contribution >= 0.6 is 11.6 Å². The Kier molecular flexibility index (Phi) is 5.38. The van der Waals surface area contributed by atoms with Gasteiger partial charge in [0, 0.05) is 11.1 Å². The first kappa shape index (κ1) is 14.5. The number of hydrogen-bond donors (Lipinski definition) is 1. The van der Waals surface area contributed by atoms with Crippen molar-refractivity contribution in [2.75, 3.05) is 12.4 Å².